The van der Waals surface area contributed by atoms with Crippen LogP contribution in [-0.4, -0.2) is 20.8 Å². The van der Waals surface area contributed by atoms with E-state index < -0.39 is 11.7 Å². The highest BCUT2D eigenvalue weighted by atomic mass is 32.1. The molecule has 166 valence electrons. The third kappa shape index (κ3) is 4.11. The SMILES string of the molecule is CCC1N=C(Nc2nc(-c3cccs3)nc(-c3ccccc3C(F)(F)F)n2)c2ccccc21. The molecule has 33 heavy (non-hydrogen) atoms. The lowest BCUT2D eigenvalue weighted by molar-refractivity contribution is -0.137. The largest absolute Gasteiger partial charge is 0.417 e. The average Bonchev–Trinajstić information content (AvgIpc) is 3.47. The van der Waals surface area contributed by atoms with E-state index >= 15 is 0 Å². The fourth-order valence-electron chi connectivity index (χ4n) is 3.81. The van der Waals surface area contributed by atoms with E-state index in [0.717, 1.165) is 28.5 Å². The number of aliphatic imine (C=N–C) groups is 1. The summed E-state index contributed by atoms with van der Waals surface area (Å²) < 4.78 is 41.0. The maximum Gasteiger partial charge on any atom is 0.417 e. The van der Waals surface area contributed by atoms with Crippen LogP contribution in [0.25, 0.3) is 22.1 Å². The second-order valence-corrected chi connectivity index (χ2v) is 8.39. The van der Waals surface area contributed by atoms with E-state index in [0.29, 0.717) is 11.7 Å². The van der Waals surface area contributed by atoms with Gasteiger partial charge in [-0.15, -0.1) is 11.3 Å². The van der Waals surface area contributed by atoms with E-state index in [1.165, 1.54) is 29.5 Å². The molecule has 4 aromatic rings. The summed E-state index contributed by atoms with van der Waals surface area (Å²) >= 11 is 1.40. The summed E-state index contributed by atoms with van der Waals surface area (Å²) in [6.07, 6.45) is -3.72. The highest BCUT2D eigenvalue weighted by Crippen LogP contribution is 2.37. The minimum Gasteiger partial charge on any atom is -0.308 e. The number of anilines is 1. The molecule has 0 radical (unpaired) electrons. The van der Waals surface area contributed by atoms with Gasteiger partial charge in [-0.05, 0) is 29.5 Å². The Morgan fingerprint density at radius 1 is 0.879 bits per heavy atom. The van der Waals surface area contributed by atoms with Gasteiger partial charge in [0.25, 0.3) is 0 Å². The second-order valence-electron chi connectivity index (χ2n) is 7.44. The first-order valence-electron chi connectivity index (χ1n) is 10.3. The maximum absolute atomic E-state index is 13.7. The Hall–Kier alpha value is -3.59. The molecule has 1 atom stereocenters. The maximum atomic E-state index is 13.7. The number of nitrogens with zero attached hydrogens (tertiary/aromatic N) is 4. The molecule has 0 spiro atoms. The fourth-order valence-corrected chi connectivity index (χ4v) is 4.47. The summed E-state index contributed by atoms with van der Waals surface area (Å²) in [5.74, 6) is 0.984. The van der Waals surface area contributed by atoms with E-state index in [2.05, 4.69) is 27.2 Å². The third-order valence-electron chi connectivity index (χ3n) is 5.33. The molecule has 5 nitrogen and oxygen atoms in total. The van der Waals surface area contributed by atoms with E-state index in [-0.39, 0.29) is 23.4 Å². The topological polar surface area (TPSA) is 63.1 Å². The van der Waals surface area contributed by atoms with Gasteiger partial charge in [-0.25, -0.2) is 4.98 Å². The molecule has 1 N–H and O–H groups in total. The summed E-state index contributed by atoms with van der Waals surface area (Å²) in [5.41, 5.74) is 1.12. The molecule has 1 aliphatic rings. The monoisotopic (exact) mass is 465 g/mol. The lowest BCUT2D eigenvalue weighted by atomic mass is 10.0. The lowest BCUT2D eigenvalue weighted by Crippen LogP contribution is -2.15. The molecule has 5 rings (SSSR count). The van der Waals surface area contributed by atoms with E-state index in [1.807, 2.05) is 41.8 Å². The number of hydrogen-bond acceptors (Lipinski definition) is 6. The van der Waals surface area contributed by atoms with Crippen LogP contribution in [0.15, 0.2) is 71.0 Å². The van der Waals surface area contributed by atoms with Crippen molar-refractivity contribution in [2.45, 2.75) is 25.6 Å². The Kier molecular flexibility index (Phi) is 5.41. The molecule has 0 amide bonds. The molecular formula is C24H18F3N5S. The summed E-state index contributed by atoms with van der Waals surface area (Å²) in [6, 6.07) is 16.8. The van der Waals surface area contributed by atoms with Gasteiger partial charge in [0.2, 0.25) is 5.95 Å². The van der Waals surface area contributed by atoms with Crippen molar-refractivity contribution >= 4 is 23.1 Å². The first-order valence-corrected chi connectivity index (χ1v) is 11.2. The van der Waals surface area contributed by atoms with Crippen LogP contribution in [0.2, 0.25) is 0 Å². The predicted molar refractivity (Wildman–Crippen MR) is 123 cm³/mol. The van der Waals surface area contributed by atoms with Crippen molar-refractivity contribution in [1.29, 1.82) is 0 Å². The van der Waals surface area contributed by atoms with Crippen LogP contribution in [0.3, 0.4) is 0 Å². The summed E-state index contributed by atoms with van der Waals surface area (Å²) in [6.45, 7) is 2.05. The van der Waals surface area contributed by atoms with Crippen molar-refractivity contribution in [3.63, 3.8) is 0 Å². The normalized spacial score (nSPS) is 15.3. The summed E-state index contributed by atoms with van der Waals surface area (Å²) in [4.78, 5) is 18.7. The van der Waals surface area contributed by atoms with E-state index in [1.54, 1.807) is 0 Å². The average molecular weight is 466 g/mol. The number of thiophene rings is 1. The lowest BCUT2D eigenvalue weighted by Gasteiger charge is -2.13. The Morgan fingerprint density at radius 2 is 1.61 bits per heavy atom. The number of hydrogen-bond donors (Lipinski definition) is 1. The minimum atomic E-state index is -4.54. The van der Waals surface area contributed by atoms with Crippen LogP contribution in [0.5, 0.6) is 0 Å². The zero-order chi connectivity index (χ0) is 23.0. The van der Waals surface area contributed by atoms with Gasteiger partial charge in [0, 0.05) is 11.1 Å². The third-order valence-corrected chi connectivity index (χ3v) is 6.19. The molecule has 9 heteroatoms. The van der Waals surface area contributed by atoms with Gasteiger partial charge < -0.3 is 5.32 Å². The molecule has 1 unspecified atom stereocenters. The smallest absolute Gasteiger partial charge is 0.308 e. The van der Waals surface area contributed by atoms with Crippen molar-refractivity contribution in [3.05, 3.63) is 82.7 Å². The Labute approximate surface area is 192 Å². The molecule has 3 heterocycles. The number of alkyl halides is 3. The fraction of sp³-hybridized carbons (Fsp3) is 0.167. The van der Waals surface area contributed by atoms with Gasteiger partial charge in [-0.1, -0.05) is 55.5 Å². The molecular weight excluding hydrogens is 447 g/mol. The van der Waals surface area contributed by atoms with Crippen LogP contribution in [0, 0.1) is 0 Å². The first kappa shape index (κ1) is 21.3. The minimum absolute atomic E-state index is 0.00716. The zero-order valence-electron chi connectivity index (χ0n) is 17.5. The van der Waals surface area contributed by atoms with Crippen molar-refractivity contribution < 1.29 is 13.2 Å². The van der Waals surface area contributed by atoms with Gasteiger partial charge in [-0.3, -0.25) is 4.99 Å². The van der Waals surface area contributed by atoms with Crippen molar-refractivity contribution in [1.82, 2.24) is 15.0 Å². The van der Waals surface area contributed by atoms with E-state index in [9.17, 15) is 13.2 Å². The molecule has 0 saturated heterocycles. The number of fused-ring (bicyclic) bond motifs is 1. The highest BCUT2D eigenvalue weighted by Gasteiger charge is 2.34. The highest BCUT2D eigenvalue weighted by molar-refractivity contribution is 7.13. The van der Waals surface area contributed by atoms with Crippen LogP contribution in [0.4, 0.5) is 19.1 Å². The van der Waals surface area contributed by atoms with E-state index in [4.69, 9.17) is 4.99 Å². The summed E-state index contributed by atoms with van der Waals surface area (Å²) in [7, 11) is 0. The molecule has 0 aliphatic carbocycles. The number of halogens is 3. The number of benzene rings is 2. The zero-order valence-corrected chi connectivity index (χ0v) is 18.3. The Morgan fingerprint density at radius 3 is 2.33 bits per heavy atom. The van der Waals surface area contributed by atoms with Crippen LogP contribution in [-0.2, 0) is 6.18 Å². The molecule has 2 aromatic carbocycles. The Bertz CT molecular complexity index is 1330. The predicted octanol–water partition coefficient (Wildman–Crippen LogP) is 6.61. The van der Waals surface area contributed by atoms with Crippen molar-refractivity contribution in [2.24, 2.45) is 4.99 Å². The molecule has 0 saturated carbocycles. The number of rotatable bonds is 4. The van der Waals surface area contributed by atoms with Gasteiger partial charge in [0.05, 0.1) is 16.5 Å². The quantitative estimate of drug-likeness (QED) is 0.368. The van der Waals surface area contributed by atoms with Crippen LogP contribution >= 0.6 is 11.3 Å². The van der Waals surface area contributed by atoms with Crippen LogP contribution in [0.1, 0.15) is 36.1 Å². The molecule has 0 bridgehead atoms. The second kappa shape index (κ2) is 8.40. The summed E-state index contributed by atoms with van der Waals surface area (Å²) in [5, 5.41) is 5.00. The molecule has 1 aliphatic heterocycles. The van der Waals surface area contributed by atoms with Crippen molar-refractivity contribution in [3.8, 4) is 22.1 Å². The van der Waals surface area contributed by atoms with Gasteiger partial charge in [0.15, 0.2) is 11.6 Å². The Balaban J connectivity index is 1.62. The molecule has 0 fully saturated rings. The standard InChI is InChI=1S/C24H18F3N5S/c1-2-18-14-8-3-4-9-15(14)20(28-18)30-23-31-21(29-22(32-23)19-12-7-13-33-19)16-10-5-6-11-17(16)24(25,26)27/h3-13,18H,2H2,1H3,(H,28,29,30,31,32). The first-order chi connectivity index (χ1) is 15.9. The van der Waals surface area contributed by atoms with Crippen LogP contribution < -0.4 is 5.32 Å². The number of amidine groups is 1. The number of nitrogens with one attached hydrogen (secondary N) is 1. The van der Waals surface area contributed by atoms with Gasteiger partial charge >= 0.3 is 6.18 Å². The number of aromatic nitrogens is 3. The van der Waals surface area contributed by atoms with Gasteiger partial charge in [-0.2, -0.15) is 23.1 Å². The molecule has 2 aromatic heterocycles. The van der Waals surface area contributed by atoms with Gasteiger partial charge in [0.1, 0.15) is 5.84 Å². The van der Waals surface area contributed by atoms with Crippen molar-refractivity contribution in [2.75, 3.05) is 5.32 Å².